The molecule has 22 heteroatoms. The highest BCUT2D eigenvalue weighted by atomic mass is 32.2. The Balaban J connectivity index is 0.910. The van der Waals surface area contributed by atoms with Crippen LogP contribution in [-0.2, 0) is 30.5 Å². The summed E-state index contributed by atoms with van der Waals surface area (Å²) >= 11 is 0. The molecule has 1 atom stereocenters. The second kappa shape index (κ2) is 19.0. The first kappa shape index (κ1) is 48.8. The van der Waals surface area contributed by atoms with Crippen LogP contribution in [0.4, 0.5) is 44.7 Å². The molecule has 366 valence electrons. The number of carbonyl (C=O) groups is 4. The molecular weight excluding hydrogens is 930 g/mol. The highest BCUT2D eigenvalue weighted by Crippen LogP contribution is 2.40. The molecule has 0 radical (unpaired) electrons. The lowest BCUT2D eigenvalue weighted by Crippen LogP contribution is -2.52. The van der Waals surface area contributed by atoms with Crippen LogP contribution >= 0.6 is 0 Å². The summed E-state index contributed by atoms with van der Waals surface area (Å²) in [6, 6.07) is 11.3. The first-order valence-electron chi connectivity index (χ1n) is 22.3. The van der Waals surface area contributed by atoms with E-state index in [2.05, 4.69) is 20.6 Å². The van der Waals surface area contributed by atoms with Crippen molar-refractivity contribution < 1.29 is 54.7 Å². The van der Waals surface area contributed by atoms with Crippen molar-refractivity contribution in [2.24, 2.45) is 0 Å². The van der Waals surface area contributed by atoms with Gasteiger partial charge in [-0.15, -0.1) is 0 Å². The number of H-pyrrole nitrogens is 1. The molecule has 2 aromatic heterocycles. The van der Waals surface area contributed by atoms with Crippen molar-refractivity contribution >= 4 is 67.5 Å². The molecule has 3 aliphatic heterocycles. The van der Waals surface area contributed by atoms with Crippen LogP contribution < -0.4 is 25.2 Å². The number of aromatic nitrogens is 2. The molecule has 0 saturated carbocycles. The van der Waals surface area contributed by atoms with Gasteiger partial charge in [0.05, 0.1) is 29.0 Å². The van der Waals surface area contributed by atoms with E-state index in [4.69, 9.17) is 0 Å². The number of carbonyl (C=O) groups excluding carboxylic acids is 4. The number of ketones is 1. The number of alkyl halides is 2. The van der Waals surface area contributed by atoms with Gasteiger partial charge >= 0.3 is 10.2 Å². The summed E-state index contributed by atoms with van der Waals surface area (Å²) in [6.07, 6.45) is 3.26. The minimum atomic E-state index is -4.23. The number of hydrogen-bond donors (Lipinski definition) is 5. The number of benzene rings is 3. The Labute approximate surface area is 394 Å². The van der Waals surface area contributed by atoms with Crippen LogP contribution in [0.25, 0.3) is 22.2 Å². The van der Waals surface area contributed by atoms with Gasteiger partial charge in [-0.3, -0.25) is 29.2 Å². The van der Waals surface area contributed by atoms with Gasteiger partial charge in [0, 0.05) is 112 Å². The average molecular weight is 980 g/mol. The number of aromatic amines is 1. The topological polar surface area (TPSA) is 200 Å². The Morgan fingerprint density at radius 2 is 1.62 bits per heavy atom. The van der Waals surface area contributed by atoms with Gasteiger partial charge in [0.15, 0.2) is 5.82 Å². The van der Waals surface area contributed by atoms with E-state index in [1.165, 1.54) is 43.7 Å². The molecule has 3 aromatic carbocycles. The summed E-state index contributed by atoms with van der Waals surface area (Å²) in [5, 5.41) is 16.8. The fraction of sp³-hybridized carbons (Fsp3) is 0.383. The van der Waals surface area contributed by atoms with Crippen molar-refractivity contribution in [3.05, 3.63) is 101 Å². The number of aliphatic hydroxyl groups is 1. The van der Waals surface area contributed by atoms with Gasteiger partial charge in [-0.1, -0.05) is 13.0 Å². The largest absolute Gasteiger partial charge is 0.389 e. The van der Waals surface area contributed by atoms with Crippen LogP contribution in [0.5, 0.6) is 0 Å². The summed E-state index contributed by atoms with van der Waals surface area (Å²) in [5.41, 5.74) is -1.85. The summed E-state index contributed by atoms with van der Waals surface area (Å²) in [6.45, 7) is 3.71. The molecule has 3 amide bonds. The molecule has 3 aliphatic rings. The number of piperazine rings is 1. The lowest BCUT2D eigenvalue weighted by molar-refractivity contribution is -0.138. The highest BCUT2D eigenvalue weighted by Gasteiger charge is 2.38. The van der Waals surface area contributed by atoms with Crippen molar-refractivity contribution in [2.75, 3.05) is 72.7 Å². The second-order valence-corrected chi connectivity index (χ2v) is 19.4. The normalized spacial score (nSPS) is 17.9. The molecule has 0 aliphatic carbocycles. The number of rotatable bonds is 14. The number of imide groups is 1. The first-order chi connectivity index (χ1) is 32.6. The number of hydrogen-bond acceptors (Lipinski definition) is 11. The van der Waals surface area contributed by atoms with Gasteiger partial charge in [0.1, 0.15) is 23.3 Å². The zero-order chi connectivity index (χ0) is 49.6. The number of nitrogens with zero attached hydrogens (tertiary/aromatic N) is 5. The third-order valence-electron chi connectivity index (χ3n) is 13.0. The van der Waals surface area contributed by atoms with E-state index in [1.807, 2.05) is 4.72 Å². The zero-order valence-corrected chi connectivity index (χ0v) is 38.7. The Morgan fingerprint density at radius 1 is 0.928 bits per heavy atom. The fourth-order valence-electron chi connectivity index (χ4n) is 8.87. The van der Waals surface area contributed by atoms with Crippen molar-refractivity contribution in [2.45, 2.75) is 63.5 Å². The molecule has 3 saturated heterocycles. The third-order valence-corrected chi connectivity index (χ3v) is 14.6. The van der Waals surface area contributed by atoms with Crippen molar-refractivity contribution in [3.63, 3.8) is 0 Å². The minimum Gasteiger partial charge on any atom is -0.389 e. The summed E-state index contributed by atoms with van der Waals surface area (Å²) in [4.78, 5) is 63.1. The molecule has 16 nitrogen and oxygen atoms in total. The highest BCUT2D eigenvalue weighted by molar-refractivity contribution is 7.90. The number of piperidine rings is 2. The summed E-state index contributed by atoms with van der Waals surface area (Å²) in [5.74, 6) is -8.80. The van der Waals surface area contributed by atoms with Crippen LogP contribution in [0.3, 0.4) is 0 Å². The van der Waals surface area contributed by atoms with Crippen LogP contribution in [-0.4, -0.2) is 121 Å². The zero-order valence-electron chi connectivity index (χ0n) is 37.8. The Kier molecular flexibility index (Phi) is 13.5. The third kappa shape index (κ3) is 10.2. The molecular formula is C47H50F5N9O7S. The molecule has 3 fully saturated rings. The fourth-order valence-corrected chi connectivity index (χ4v) is 9.80. The van der Waals surface area contributed by atoms with Crippen LogP contribution in [0.2, 0.25) is 0 Å². The average Bonchev–Trinajstić information content (AvgIpc) is 3.74. The van der Waals surface area contributed by atoms with E-state index in [0.717, 1.165) is 23.4 Å². The predicted octanol–water partition coefficient (Wildman–Crippen LogP) is 5.89. The van der Waals surface area contributed by atoms with E-state index in [0.29, 0.717) is 22.5 Å². The second-order valence-electron chi connectivity index (χ2n) is 17.6. The van der Waals surface area contributed by atoms with E-state index in [9.17, 15) is 32.7 Å². The summed E-state index contributed by atoms with van der Waals surface area (Å²) in [7, 11) is -2.98. The van der Waals surface area contributed by atoms with Gasteiger partial charge < -0.3 is 30.1 Å². The maximum absolute atomic E-state index is 15.7. The van der Waals surface area contributed by atoms with Gasteiger partial charge in [-0.05, 0) is 73.4 Å². The monoisotopic (exact) mass is 979 g/mol. The lowest BCUT2D eigenvalue weighted by Gasteiger charge is -2.41. The van der Waals surface area contributed by atoms with Gasteiger partial charge in [-0.25, -0.2) is 26.9 Å². The van der Waals surface area contributed by atoms with Crippen molar-refractivity contribution in [1.82, 2.24) is 24.5 Å². The molecule has 5 aromatic rings. The van der Waals surface area contributed by atoms with E-state index < -0.39 is 68.2 Å². The molecule has 0 bridgehead atoms. The van der Waals surface area contributed by atoms with Gasteiger partial charge in [-0.2, -0.15) is 12.7 Å². The maximum atomic E-state index is 15.7. The molecule has 69 heavy (non-hydrogen) atoms. The van der Waals surface area contributed by atoms with Crippen LogP contribution in [0.1, 0.15) is 67.4 Å². The molecule has 5 heterocycles. The molecule has 0 spiro atoms. The predicted molar refractivity (Wildman–Crippen MR) is 248 cm³/mol. The van der Waals surface area contributed by atoms with E-state index in [-0.39, 0.29) is 118 Å². The Morgan fingerprint density at radius 3 is 2.29 bits per heavy atom. The van der Waals surface area contributed by atoms with Crippen LogP contribution in [0.15, 0.2) is 67.0 Å². The van der Waals surface area contributed by atoms with E-state index >= 15 is 22.0 Å². The number of anilines is 4. The molecule has 1 unspecified atom stereocenters. The number of halogens is 5. The quantitative estimate of drug-likeness (QED) is 0.0506. The smallest absolute Gasteiger partial charge is 0.301 e. The van der Waals surface area contributed by atoms with Crippen molar-refractivity contribution in [1.29, 1.82) is 0 Å². The number of fused-ring (bicyclic) bond motifs is 1. The number of nitrogens with one attached hydrogen (secondary N) is 4. The minimum absolute atomic E-state index is 0.0480. The van der Waals surface area contributed by atoms with Crippen LogP contribution in [0, 0.1) is 17.5 Å². The first-order valence-corrected chi connectivity index (χ1v) is 23.7. The van der Waals surface area contributed by atoms with Crippen molar-refractivity contribution in [3.8, 4) is 11.1 Å². The standard InChI is InChI=1S/C47H50F5N9O7S/c1-4-58(3)69(67,68)57-35-8-7-33(48)41(42(35)50)43(64)31-26-54-44-30(31)21-28(25-53-44)27-5-10-37(32(22-27)46(2,51)52)60-17-19-61(20-18-60)40(63)24-47(66)13-15-59(16-14-47)38-11-6-29(23-34(38)49)55-36-9-12-39(62)56-45(36)65/h5-8,10-11,21-23,25-26,36,55,57,66H,4,9,12-20,24H2,1-3H3,(H,53,54)(H,56,62,65). The van der Waals surface area contributed by atoms with E-state index in [1.54, 1.807) is 39.8 Å². The maximum Gasteiger partial charge on any atom is 0.301 e. The SMILES string of the molecule is CCN(C)S(=O)(=O)Nc1ccc(F)c(C(=O)c2c[nH]c3ncc(-c4ccc(N5CCN(C(=O)CC6(O)CCN(c7ccc(NC8CCC(=O)NC8=O)cc7F)CC6)CC5)c(C(C)(F)F)c4)cc23)c1F. The number of amides is 3. The molecule has 8 rings (SSSR count). The number of pyridine rings is 1. The molecule has 5 N–H and O–H groups in total. The van der Waals surface area contributed by atoms with Gasteiger partial charge in [0.25, 0.3) is 5.92 Å². The summed E-state index contributed by atoms with van der Waals surface area (Å²) < 4.78 is 105. The Bertz CT molecular complexity index is 2950. The Hall–Kier alpha value is -6.65. The lowest BCUT2D eigenvalue weighted by atomic mass is 9.87. The van der Waals surface area contributed by atoms with Gasteiger partial charge in [0.2, 0.25) is 23.5 Å².